The van der Waals surface area contributed by atoms with E-state index in [4.69, 9.17) is 6.42 Å². The van der Waals surface area contributed by atoms with Crippen molar-refractivity contribution < 1.29 is 4.79 Å². The maximum Gasteiger partial charge on any atom is 0.319 e. The van der Waals surface area contributed by atoms with Crippen LogP contribution in [0.3, 0.4) is 0 Å². The van der Waals surface area contributed by atoms with Crippen LogP contribution in [0.15, 0.2) is 54.6 Å². The van der Waals surface area contributed by atoms with E-state index in [2.05, 4.69) is 45.7 Å². The van der Waals surface area contributed by atoms with E-state index in [1.54, 1.807) is 6.07 Å². The van der Waals surface area contributed by atoms with Gasteiger partial charge in [0.05, 0.1) is 0 Å². The second-order valence-electron chi connectivity index (χ2n) is 5.92. The monoisotopic (exact) mass is 319 g/mol. The molecule has 1 aliphatic heterocycles. The molecule has 4 nitrogen and oxygen atoms in total. The van der Waals surface area contributed by atoms with Crippen LogP contribution in [0.25, 0.3) is 0 Å². The number of nitrogens with zero attached hydrogens (tertiary/aromatic N) is 1. The number of anilines is 2. The van der Waals surface area contributed by atoms with Gasteiger partial charge in [-0.2, -0.15) is 0 Å². The van der Waals surface area contributed by atoms with Crippen molar-refractivity contribution >= 4 is 17.4 Å². The molecule has 2 aromatic rings. The highest BCUT2D eigenvalue weighted by Gasteiger charge is 2.20. The average Bonchev–Trinajstić information content (AvgIpc) is 2.63. The molecule has 122 valence electrons. The van der Waals surface area contributed by atoms with Gasteiger partial charge in [-0.15, -0.1) is 6.42 Å². The summed E-state index contributed by atoms with van der Waals surface area (Å²) in [4.78, 5) is 14.5. The van der Waals surface area contributed by atoms with Crippen LogP contribution in [0.5, 0.6) is 0 Å². The summed E-state index contributed by atoms with van der Waals surface area (Å²) in [5, 5.41) is 5.90. The summed E-state index contributed by atoms with van der Waals surface area (Å²) < 4.78 is 0. The Balaban J connectivity index is 1.49. The highest BCUT2D eigenvalue weighted by molar-refractivity contribution is 5.89. The third-order valence-electron chi connectivity index (χ3n) is 4.24. The van der Waals surface area contributed by atoms with Crippen LogP contribution < -0.4 is 15.5 Å². The number of hydrogen-bond donors (Lipinski definition) is 2. The average molecular weight is 319 g/mol. The van der Waals surface area contributed by atoms with Gasteiger partial charge in [0.25, 0.3) is 0 Å². The Hall–Kier alpha value is -2.93. The van der Waals surface area contributed by atoms with E-state index in [0.717, 1.165) is 31.5 Å². The number of hydrogen-bond acceptors (Lipinski definition) is 2. The number of terminal acetylenes is 1. The van der Waals surface area contributed by atoms with E-state index < -0.39 is 0 Å². The predicted molar refractivity (Wildman–Crippen MR) is 98.2 cm³/mol. The number of para-hydroxylation sites is 1. The van der Waals surface area contributed by atoms with Crippen LogP contribution in [-0.4, -0.2) is 25.2 Å². The number of urea groups is 1. The fourth-order valence-electron chi connectivity index (χ4n) is 2.96. The lowest BCUT2D eigenvalue weighted by atomic mass is 10.0. The Morgan fingerprint density at radius 3 is 2.54 bits per heavy atom. The minimum atomic E-state index is -0.178. The van der Waals surface area contributed by atoms with Gasteiger partial charge in [-0.1, -0.05) is 30.2 Å². The van der Waals surface area contributed by atoms with Crippen LogP contribution in [0.4, 0.5) is 16.2 Å². The number of benzene rings is 2. The summed E-state index contributed by atoms with van der Waals surface area (Å²) in [5.74, 6) is 2.57. The van der Waals surface area contributed by atoms with Gasteiger partial charge >= 0.3 is 6.03 Å². The van der Waals surface area contributed by atoms with Crippen molar-refractivity contribution in [3.05, 3.63) is 60.2 Å². The molecule has 0 saturated carbocycles. The molecular formula is C20H21N3O. The van der Waals surface area contributed by atoms with E-state index in [1.165, 1.54) is 5.69 Å². The third-order valence-corrected chi connectivity index (χ3v) is 4.24. The van der Waals surface area contributed by atoms with E-state index >= 15 is 0 Å². The fourth-order valence-corrected chi connectivity index (χ4v) is 2.96. The molecule has 2 aromatic carbocycles. The van der Waals surface area contributed by atoms with Crippen molar-refractivity contribution in [3.8, 4) is 12.3 Å². The standard InChI is InChI=1S/C20H21N3O/c1-2-16-7-6-8-18(15-16)22-20(24)21-17-11-13-23(14-12-17)19-9-4-3-5-10-19/h1,3-10,15,17H,11-14H2,(H2,21,22,24). The maximum atomic E-state index is 12.1. The molecule has 0 atom stereocenters. The van der Waals surface area contributed by atoms with Crippen molar-refractivity contribution in [2.45, 2.75) is 18.9 Å². The van der Waals surface area contributed by atoms with Crippen molar-refractivity contribution in [3.63, 3.8) is 0 Å². The normalized spacial score (nSPS) is 14.7. The first-order valence-corrected chi connectivity index (χ1v) is 8.19. The summed E-state index contributed by atoms with van der Waals surface area (Å²) in [5.41, 5.74) is 2.71. The summed E-state index contributed by atoms with van der Waals surface area (Å²) in [6, 6.07) is 17.7. The van der Waals surface area contributed by atoms with Crippen LogP contribution in [0, 0.1) is 12.3 Å². The number of piperidine rings is 1. The van der Waals surface area contributed by atoms with Gasteiger partial charge in [0.2, 0.25) is 0 Å². The topological polar surface area (TPSA) is 44.4 Å². The Labute approximate surface area is 142 Å². The smallest absolute Gasteiger partial charge is 0.319 e. The molecule has 0 aliphatic carbocycles. The predicted octanol–water partition coefficient (Wildman–Crippen LogP) is 3.46. The van der Waals surface area contributed by atoms with E-state index in [-0.39, 0.29) is 12.1 Å². The zero-order chi connectivity index (χ0) is 16.8. The molecule has 0 radical (unpaired) electrons. The quantitative estimate of drug-likeness (QED) is 0.851. The summed E-state index contributed by atoms with van der Waals surface area (Å²) in [7, 11) is 0. The van der Waals surface area contributed by atoms with Crippen LogP contribution in [0.2, 0.25) is 0 Å². The molecule has 1 aliphatic rings. The van der Waals surface area contributed by atoms with Gasteiger partial charge in [-0.05, 0) is 43.2 Å². The zero-order valence-corrected chi connectivity index (χ0v) is 13.5. The molecule has 1 fully saturated rings. The molecule has 0 bridgehead atoms. The highest BCUT2D eigenvalue weighted by atomic mass is 16.2. The van der Waals surface area contributed by atoms with Gasteiger partial charge in [-0.25, -0.2) is 4.79 Å². The molecule has 2 amide bonds. The minimum absolute atomic E-state index is 0.178. The van der Waals surface area contributed by atoms with Gasteiger partial charge < -0.3 is 15.5 Å². The molecule has 2 N–H and O–H groups in total. The van der Waals surface area contributed by atoms with Crippen LogP contribution >= 0.6 is 0 Å². The SMILES string of the molecule is C#Cc1cccc(NC(=O)NC2CCN(c3ccccc3)CC2)c1. The Bertz CT molecular complexity index is 728. The first-order valence-electron chi connectivity index (χ1n) is 8.19. The van der Waals surface area contributed by atoms with Crippen molar-refractivity contribution in [2.75, 3.05) is 23.3 Å². The molecule has 0 spiro atoms. The highest BCUT2D eigenvalue weighted by Crippen LogP contribution is 2.19. The second kappa shape index (κ2) is 7.56. The summed E-state index contributed by atoms with van der Waals surface area (Å²) in [6.07, 6.45) is 7.25. The largest absolute Gasteiger partial charge is 0.371 e. The fraction of sp³-hybridized carbons (Fsp3) is 0.250. The number of nitrogens with one attached hydrogen (secondary N) is 2. The Morgan fingerprint density at radius 1 is 1.08 bits per heavy atom. The first-order chi connectivity index (χ1) is 11.7. The summed E-state index contributed by atoms with van der Waals surface area (Å²) in [6.45, 7) is 1.89. The molecule has 24 heavy (non-hydrogen) atoms. The third kappa shape index (κ3) is 4.08. The van der Waals surface area contributed by atoms with Crippen molar-refractivity contribution in [2.24, 2.45) is 0 Å². The number of carbonyl (C=O) groups excluding carboxylic acids is 1. The molecule has 0 unspecified atom stereocenters. The van der Waals surface area contributed by atoms with Gasteiger partial charge in [0.15, 0.2) is 0 Å². The first kappa shape index (κ1) is 15.9. The molecule has 4 heteroatoms. The zero-order valence-electron chi connectivity index (χ0n) is 13.5. The summed E-state index contributed by atoms with van der Waals surface area (Å²) >= 11 is 0. The van der Waals surface area contributed by atoms with E-state index in [1.807, 2.05) is 24.3 Å². The molecule has 3 rings (SSSR count). The molecular weight excluding hydrogens is 298 g/mol. The lowest BCUT2D eigenvalue weighted by Gasteiger charge is -2.33. The molecule has 0 aromatic heterocycles. The van der Waals surface area contributed by atoms with Gasteiger partial charge in [0, 0.05) is 36.1 Å². The Kier molecular flexibility index (Phi) is 5.02. The maximum absolute atomic E-state index is 12.1. The number of carbonyl (C=O) groups is 1. The second-order valence-corrected chi connectivity index (χ2v) is 5.92. The van der Waals surface area contributed by atoms with E-state index in [9.17, 15) is 4.79 Å². The van der Waals surface area contributed by atoms with E-state index in [0.29, 0.717) is 5.69 Å². The lowest BCUT2D eigenvalue weighted by Crippen LogP contribution is -2.46. The number of rotatable bonds is 3. The van der Waals surface area contributed by atoms with Crippen molar-refractivity contribution in [1.29, 1.82) is 0 Å². The van der Waals surface area contributed by atoms with Crippen LogP contribution in [-0.2, 0) is 0 Å². The minimum Gasteiger partial charge on any atom is -0.371 e. The van der Waals surface area contributed by atoms with Gasteiger partial charge in [-0.3, -0.25) is 0 Å². The number of amides is 2. The van der Waals surface area contributed by atoms with Crippen molar-refractivity contribution in [1.82, 2.24) is 5.32 Å². The molecule has 1 heterocycles. The molecule has 1 saturated heterocycles. The van der Waals surface area contributed by atoms with Crippen LogP contribution in [0.1, 0.15) is 18.4 Å². The lowest BCUT2D eigenvalue weighted by molar-refractivity contribution is 0.246. The Morgan fingerprint density at radius 2 is 1.83 bits per heavy atom. The van der Waals surface area contributed by atoms with Gasteiger partial charge in [0.1, 0.15) is 0 Å².